The Balaban J connectivity index is 1.35. The highest BCUT2D eigenvalue weighted by molar-refractivity contribution is 5.77. The van der Waals surface area contributed by atoms with Crippen LogP contribution in [0.25, 0.3) is 0 Å². The average Bonchev–Trinajstić information content (AvgIpc) is 3.41. The molecule has 0 aromatic heterocycles. The topological polar surface area (TPSA) is 82.8 Å². The van der Waals surface area contributed by atoms with Gasteiger partial charge in [-0.15, -0.1) is 0 Å². The van der Waals surface area contributed by atoms with Gasteiger partial charge in [-0.25, -0.2) is 4.79 Å². The van der Waals surface area contributed by atoms with Crippen molar-refractivity contribution >= 4 is 5.97 Å². The fraction of sp³-hybridized carbons (Fsp3) is 0.696. The molecule has 3 N–H and O–H groups in total. The third-order valence-electron chi connectivity index (χ3n) is 7.08. The van der Waals surface area contributed by atoms with Crippen molar-refractivity contribution in [3.63, 3.8) is 0 Å². The summed E-state index contributed by atoms with van der Waals surface area (Å²) in [5, 5.41) is 2.66. The van der Waals surface area contributed by atoms with Crippen molar-refractivity contribution in [1.29, 1.82) is 0 Å². The van der Waals surface area contributed by atoms with Crippen molar-refractivity contribution in [2.45, 2.75) is 64.5 Å². The number of fused-ring (bicyclic) bond motifs is 5. The molecule has 0 saturated heterocycles. The number of hydrogen-bond acceptors (Lipinski definition) is 6. The van der Waals surface area contributed by atoms with Gasteiger partial charge in [0, 0.05) is 5.92 Å². The van der Waals surface area contributed by atoms with Gasteiger partial charge in [-0.2, -0.15) is 0 Å². The highest BCUT2D eigenvalue weighted by Gasteiger charge is 2.54. The molecule has 3 fully saturated rings. The van der Waals surface area contributed by atoms with Gasteiger partial charge in [-0.3, -0.25) is 5.32 Å². The molecular formula is C23H34N2O4. The third-order valence-corrected chi connectivity index (χ3v) is 7.08. The van der Waals surface area contributed by atoms with Crippen LogP contribution in [0.15, 0.2) is 24.3 Å². The monoisotopic (exact) mass is 402 g/mol. The maximum atomic E-state index is 11.8. The second kappa shape index (κ2) is 8.62. The number of rotatable bonds is 8. The van der Waals surface area contributed by atoms with Gasteiger partial charge in [-0.1, -0.05) is 20.3 Å². The molecule has 0 spiro atoms. The van der Waals surface area contributed by atoms with E-state index in [4.69, 9.17) is 19.9 Å². The lowest BCUT2D eigenvalue weighted by Crippen LogP contribution is -2.44. The molecule has 7 unspecified atom stereocenters. The van der Waals surface area contributed by atoms with Crippen LogP contribution in [0.4, 0.5) is 0 Å². The minimum atomic E-state index is -0.842. The smallest absolute Gasteiger partial charge is 0.343 e. The van der Waals surface area contributed by atoms with Crippen LogP contribution in [-0.4, -0.2) is 31.6 Å². The first-order chi connectivity index (χ1) is 14.0. The molecule has 7 atom stereocenters. The second-order valence-corrected chi connectivity index (χ2v) is 9.22. The Morgan fingerprint density at radius 2 is 1.76 bits per heavy atom. The quantitative estimate of drug-likeness (QED) is 0.394. The molecule has 6 nitrogen and oxygen atoms in total. The molecule has 3 aliphatic rings. The maximum absolute atomic E-state index is 11.8. The van der Waals surface area contributed by atoms with Gasteiger partial charge in [0.1, 0.15) is 11.5 Å². The summed E-state index contributed by atoms with van der Waals surface area (Å²) in [4.78, 5) is 11.8. The first-order valence-corrected chi connectivity index (χ1v) is 11.0. The number of carbonyl (C=O) groups excluding carboxylic acids is 1. The molecule has 0 heterocycles. The van der Waals surface area contributed by atoms with Crippen molar-refractivity contribution < 1.29 is 19.0 Å². The van der Waals surface area contributed by atoms with Crippen LogP contribution in [0.5, 0.6) is 11.5 Å². The van der Waals surface area contributed by atoms with E-state index in [0.717, 1.165) is 23.7 Å². The summed E-state index contributed by atoms with van der Waals surface area (Å²) in [7, 11) is 1.61. The van der Waals surface area contributed by atoms with E-state index >= 15 is 0 Å². The fourth-order valence-electron chi connectivity index (χ4n) is 5.67. The standard InChI is InChI=1S/C23H34N2O4/c1-13(2)23(29-20-12-14-11-19(20)18-6-4-5-17(14)18)28-16-9-7-15(8-10-16)27-22(26)21(24)25-3/h7-10,13-14,17-21,23,25H,4-6,11-12,24H2,1-3H3. The highest BCUT2D eigenvalue weighted by atomic mass is 16.7. The van der Waals surface area contributed by atoms with Crippen LogP contribution >= 0.6 is 0 Å². The van der Waals surface area contributed by atoms with Crippen LogP contribution in [0.1, 0.15) is 46.0 Å². The zero-order chi connectivity index (χ0) is 20.5. The molecule has 6 heteroatoms. The Hall–Kier alpha value is -1.63. The number of esters is 1. The van der Waals surface area contributed by atoms with Crippen LogP contribution < -0.4 is 20.5 Å². The van der Waals surface area contributed by atoms with Crippen molar-refractivity contribution in [1.82, 2.24) is 5.32 Å². The lowest BCUT2D eigenvalue weighted by Gasteiger charge is -2.35. The number of nitrogens with two attached hydrogens (primary N) is 1. The van der Waals surface area contributed by atoms with Crippen molar-refractivity contribution in [2.75, 3.05) is 7.05 Å². The number of nitrogens with one attached hydrogen (secondary N) is 1. The average molecular weight is 403 g/mol. The molecule has 1 aromatic rings. The molecule has 29 heavy (non-hydrogen) atoms. The lowest BCUT2D eigenvalue weighted by molar-refractivity contribution is -0.162. The summed E-state index contributed by atoms with van der Waals surface area (Å²) in [5.74, 6) is 4.30. The summed E-state index contributed by atoms with van der Waals surface area (Å²) >= 11 is 0. The molecule has 0 amide bonds. The third kappa shape index (κ3) is 4.30. The van der Waals surface area contributed by atoms with Crippen LogP contribution in [0.2, 0.25) is 0 Å². The largest absolute Gasteiger partial charge is 0.465 e. The summed E-state index contributed by atoms with van der Waals surface area (Å²) in [5.41, 5.74) is 5.60. The van der Waals surface area contributed by atoms with E-state index in [9.17, 15) is 4.79 Å². The summed E-state index contributed by atoms with van der Waals surface area (Å²) < 4.78 is 18.0. The maximum Gasteiger partial charge on any atom is 0.343 e. The number of likely N-dealkylation sites (N-methyl/N-ethyl adjacent to an activating group) is 1. The van der Waals surface area contributed by atoms with Crippen molar-refractivity contribution in [3.05, 3.63) is 24.3 Å². The Bertz CT molecular complexity index is 707. The summed E-state index contributed by atoms with van der Waals surface area (Å²) in [6, 6.07) is 7.04. The summed E-state index contributed by atoms with van der Waals surface area (Å²) in [6.45, 7) is 4.26. The molecule has 0 radical (unpaired) electrons. The first-order valence-electron chi connectivity index (χ1n) is 11.0. The van der Waals surface area contributed by atoms with E-state index in [2.05, 4.69) is 19.2 Å². The molecule has 4 rings (SSSR count). The zero-order valence-corrected chi connectivity index (χ0v) is 17.7. The van der Waals surface area contributed by atoms with Crippen LogP contribution in [-0.2, 0) is 9.53 Å². The Morgan fingerprint density at radius 1 is 1.07 bits per heavy atom. The number of carbonyl (C=O) groups is 1. The molecule has 160 valence electrons. The zero-order valence-electron chi connectivity index (χ0n) is 17.7. The number of benzene rings is 1. The van der Waals surface area contributed by atoms with E-state index in [-0.39, 0.29) is 12.2 Å². The molecule has 2 bridgehead atoms. The summed E-state index contributed by atoms with van der Waals surface area (Å²) in [6.07, 6.45) is 5.97. The fourth-order valence-corrected chi connectivity index (χ4v) is 5.67. The van der Waals surface area contributed by atoms with Crippen molar-refractivity contribution in [3.8, 4) is 11.5 Å². The Morgan fingerprint density at radius 3 is 2.45 bits per heavy atom. The minimum absolute atomic E-state index is 0.250. The molecule has 0 aliphatic heterocycles. The molecule has 3 aliphatic carbocycles. The second-order valence-electron chi connectivity index (χ2n) is 9.22. The molecule has 1 aromatic carbocycles. The number of hydrogen-bond donors (Lipinski definition) is 2. The van der Waals surface area contributed by atoms with Gasteiger partial charge < -0.3 is 19.9 Å². The first kappa shape index (κ1) is 20.6. The Kier molecular flexibility index (Phi) is 6.13. The highest BCUT2D eigenvalue weighted by Crippen LogP contribution is 2.59. The van der Waals surface area contributed by atoms with Gasteiger partial charge >= 0.3 is 5.97 Å². The van der Waals surface area contributed by atoms with Gasteiger partial charge in [-0.05, 0) is 80.7 Å². The van der Waals surface area contributed by atoms with E-state index in [1.165, 1.54) is 32.1 Å². The lowest BCUT2D eigenvalue weighted by atomic mass is 9.80. The number of ether oxygens (including phenoxy) is 3. The van der Waals surface area contributed by atoms with Crippen LogP contribution in [0.3, 0.4) is 0 Å². The van der Waals surface area contributed by atoms with E-state index in [0.29, 0.717) is 17.6 Å². The van der Waals surface area contributed by atoms with Crippen LogP contribution in [0, 0.1) is 29.6 Å². The van der Waals surface area contributed by atoms with Gasteiger partial charge in [0.05, 0.1) is 6.10 Å². The van der Waals surface area contributed by atoms with Gasteiger partial charge in [0.25, 0.3) is 0 Å². The normalized spacial score (nSPS) is 32.2. The molecule has 3 saturated carbocycles. The predicted octanol–water partition coefficient (Wildman–Crippen LogP) is 3.30. The van der Waals surface area contributed by atoms with E-state index < -0.39 is 12.1 Å². The van der Waals surface area contributed by atoms with Crippen molar-refractivity contribution in [2.24, 2.45) is 35.3 Å². The van der Waals surface area contributed by atoms with Gasteiger partial charge in [0.2, 0.25) is 6.29 Å². The van der Waals surface area contributed by atoms with Gasteiger partial charge in [0.15, 0.2) is 6.17 Å². The SMILES string of the molecule is CNC(N)C(=O)Oc1ccc(OC(OC2CC3CC2C2CCCC32)C(C)C)cc1. The Labute approximate surface area is 173 Å². The predicted molar refractivity (Wildman–Crippen MR) is 110 cm³/mol. The minimum Gasteiger partial charge on any atom is -0.465 e. The van der Waals surface area contributed by atoms with E-state index in [1.54, 1.807) is 31.3 Å². The van der Waals surface area contributed by atoms with E-state index in [1.807, 2.05) is 0 Å². The molecular weight excluding hydrogens is 368 g/mol.